The van der Waals surface area contributed by atoms with Crippen LogP contribution in [0.2, 0.25) is 0 Å². The van der Waals surface area contributed by atoms with E-state index in [4.69, 9.17) is 4.74 Å². The molecule has 0 radical (unpaired) electrons. The Morgan fingerprint density at radius 3 is 2.18 bits per heavy atom. The number of nitrogens with zero attached hydrogens (tertiary/aromatic N) is 3. The molecule has 1 amide bonds. The van der Waals surface area contributed by atoms with Gasteiger partial charge in [-0.2, -0.15) is 0 Å². The highest BCUT2D eigenvalue weighted by atomic mass is 16.5. The van der Waals surface area contributed by atoms with Crippen molar-refractivity contribution in [1.29, 1.82) is 0 Å². The van der Waals surface area contributed by atoms with Crippen LogP contribution in [0, 0.1) is 13.8 Å². The van der Waals surface area contributed by atoms with Gasteiger partial charge in [-0.25, -0.2) is 0 Å². The quantitative estimate of drug-likeness (QED) is 0.821. The van der Waals surface area contributed by atoms with Crippen LogP contribution in [0.4, 0.5) is 11.4 Å². The number of carbonyl (C=O) groups excluding carboxylic acids is 1. The van der Waals surface area contributed by atoms with Crippen molar-refractivity contribution in [3.05, 3.63) is 59.2 Å². The molecule has 2 aromatic rings. The molecule has 28 heavy (non-hydrogen) atoms. The highest BCUT2D eigenvalue weighted by Gasteiger charge is 2.23. The number of morpholine rings is 1. The minimum absolute atomic E-state index is 0.133. The minimum Gasteiger partial charge on any atom is -0.378 e. The summed E-state index contributed by atoms with van der Waals surface area (Å²) in [7, 11) is 0. The molecule has 5 nitrogen and oxygen atoms in total. The summed E-state index contributed by atoms with van der Waals surface area (Å²) in [4.78, 5) is 19.6. The lowest BCUT2D eigenvalue weighted by Crippen LogP contribution is -2.49. The van der Waals surface area contributed by atoms with Crippen molar-refractivity contribution in [3.8, 4) is 0 Å². The third-order valence-corrected chi connectivity index (χ3v) is 5.97. The van der Waals surface area contributed by atoms with Crippen LogP contribution in [0.15, 0.2) is 42.5 Å². The maximum atomic E-state index is 12.9. The van der Waals surface area contributed by atoms with E-state index in [1.807, 2.05) is 17.0 Å². The lowest BCUT2D eigenvalue weighted by Gasteiger charge is -2.37. The maximum absolute atomic E-state index is 12.9. The number of piperazine rings is 1. The third-order valence-electron chi connectivity index (χ3n) is 5.97. The molecule has 148 valence electrons. The van der Waals surface area contributed by atoms with Gasteiger partial charge in [0.05, 0.1) is 13.2 Å². The fraction of sp³-hybridized carbons (Fsp3) is 0.435. The molecule has 0 unspecified atom stereocenters. The zero-order valence-corrected chi connectivity index (χ0v) is 16.9. The molecule has 2 fully saturated rings. The fourth-order valence-electron chi connectivity index (χ4n) is 4.05. The summed E-state index contributed by atoms with van der Waals surface area (Å²) in [6.45, 7) is 11.0. The number of hydrogen-bond donors (Lipinski definition) is 0. The molecule has 0 aliphatic carbocycles. The summed E-state index contributed by atoms with van der Waals surface area (Å²) in [5.41, 5.74) is 5.89. The van der Waals surface area contributed by atoms with Crippen molar-refractivity contribution in [2.75, 3.05) is 62.3 Å². The first-order valence-corrected chi connectivity index (χ1v) is 10.2. The predicted molar refractivity (Wildman–Crippen MR) is 114 cm³/mol. The maximum Gasteiger partial charge on any atom is 0.253 e. The van der Waals surface area contributed by atoms with Gasteiger partial charge < -0.3 is 19.4 Å². The first-order chi connectivity index (χ1) is 13.6. The van der Waals surface area contributed by atoms with Gasteiger partial charge in [0.15, 0.2) is 0 Å². The van der Waals surface area contributed by atoms with Gasteiger partial charge in [-0.1, -0.05) is 12.1 Å². The Balaban J connectivity index is 1.38. The number of ether oxygens (including phenoxy) is 1. The summed E-state index contributed by atoms with van der Waals surface area (Å²) in [5, 5.41) is 0. The molecule has 2 saturated heterocycles. The molecule has 5 heteroatoms. The van der Waals surface area contributed by atoms with E-state index in [1.165, 1.54) is 22.5 Å². The second kappa shape index (κ2) is 8.23. The number of anilines is 2. The smallest absolute Gasteiger partial charge is 0.253 e. The number of hydrogen-bond acceptors (Lipinski definition) is 4. The zero-order chi connectivity index (χ0) is 19.5. The Bertz CT molecular complexity index is 820. The van der Waals surface area contributed by atoms with Gasteiger partial charge in [0, 0.05) is 56.2 Å². The lowest BCUT2D eigenvalue weighted by molar-refractivity contribution is 0.0746. The van der Waals surface area contributed by atoms with Crippen LogP contribution in [0.3, 0.4) is 0 Å². The van der Waals surface area contributed by atoms with Crippen LogP contribution >= 0.6 is 0 Å². The Morgan fingerprint density at radius 1 is 0.821 bits per heavy atom. The van der Waals surface area contributed by atoms with Crippen LogP contribution in [0.1, 0.15) is 21.5 Å². The van der Waals surface area contributed by atoms with E-state index in [0.717, 1.165) is 58.0 Å². The topological polar surface area (TPSA) is 36.0 Å². The van der Waals surface area contributed by atoms with Crippen molar-refractivity contribution in [2.24, 2.45) is 0 Å². The largest absolute Gasteiger partial charge is 0.378 e. The van der Waals surface area contributed by atoms with Gasteiger partial charge >= 0.3 is 0 Å². The monoisotopic (exact) mass is 379 g/mol. The molecule has 2 aromatic carbocycles. The van der Waals surface area contributed by atoms with Gasteiger partial charge in [0.2, 0.25) is 0 Å². The lowest BCUT2D eigenvalue weighted by atomic mass is 10.1. The van der Waals surface area contributed by atoms with Crippen LogP contribution in [-0.4, -0.2) is 63.3 Å². The predicted octanol–water partition coefficient (Wildman–Crippen LogP) is 3.10. The Hall–Kier alpha value is -2.53. The number of benzene rings is 2. The normalized spacial score (nSPS) is 17.7. The van der Waals surface area contributed by atoms with Gasteiger partial charge in [0.25, 0.3) is 5.91 Å². The summed E-state index contributed by atoms with van der Waals surface area (Å²) in [6, 6.07) is 14.5. The van der Waals surface area contributed by atoms with E-state index in [-0.39, 0.29) is 5.91 Å². The standard InChI is InChI=1S/C23H29N3O2/c1-18-4-3-5-22(19(18)2)25-10-12-26(13-11-25)23(27)20-6-8-21(9-7-20)24-14-16-28-17-15-24/h3-9H,10-17H2,1-2H3. The van der Waals surface area contributed by atoms with Crippen molar-refractivity contribution in [2.45, 2.75) is 13.8 Å². The molecule has 0 spiro atoms. The number of carbonyl (C=O) groups is 1. The number of amides is 1. The molecule has 0 aromatic heterocycles. The van der Waals surface area contributed by atoms with Crippen molar-refractivity contribution in [1.82, 2.24) is 4.90 Å². The molecule has 0 atom stereocenters. The van der Waals surface area contributed by atoms with E-state index >= 15 is 0 Å². The molecular weight excluding hydrogens is 350 g/mol. The summed E-state index contributed by atoms with van der Waals surface area (Å²) in [6.07, 6.45) is 0. The summed E-state index contributed by atoms with van der Waals surface area (Å²) >= 11 is 0. The fourth-order valence-corrected chi connectivity index (χ4v) is 4.05. The van der Waals surface area contributed by atoms with E-state index < -0.39 is 0 Å². The van der Waals surface area contributed by atoms with Crippen LogP contribution in [0.25, 0.3) is 0 Å². The van der Waals surface area contributed by atoms with Gasteiger partial charge in [-0.05, 0) is 55.3 Å². The SMILES string of the molecule is Cc1cccc(N2CCN(C(=O)c3ccc(N4CCOCC4)cc3)CC2)c1C. The molecule has 0 bridgehead atoms. The van der Waals surface area contributed by atoms with Crippen molar-refractivity contribution < 1.29 is 9.53 Å². The minimum atomic E-state index is 0.133. The summed E-state index contributed by atoms with van der Waals surface area (Å²) in [5.74, 6) is 0.133. The zero-order valence-electron chi connectivity index (χ0n) is 16.9. The van der Waals surface area contributed by atoms with E-state index in [0.29, 0.717) is 0 Å². The van der Waals surface area contributed by atoms with Gasteiger partial charge in [-0.3, -0.25) is 4.79 Å². The number of rotatable bonds is 3. The van der Waals surface area contributed by atoms with Gasteiger partial charge in [-0.15, -0.1) is 0 Å². The Morgan fingerprint density at radius 2 is 1.50 bits per heavy atom. The highest BCUT2D eigenvalue weighted by Crippen LogP contribution is 2.24. The molecular formula is C23H29N3O2. The molecule has 2 aliphatic rings. The average Bonchev–Trinajstić information content (AvgIpc) is 2.76. The van der Waals surface area contributed by atoms with E-state index in [2.05, 4.69) is 54.0 Å². The van der Waals surface area contributed by atoms with Gasteiger partial charge in [0.1, 0.15) is 0 Å². The van der Waals surface area contributed by atoms with Crippen LogP contribution in [0.5, 0.6) is 0 Å². The Kier molecular flexibility index (Phi) is 5.53. The van der Waals surface area contributed by atoms with Crippen molar-refractivity contribution in [3.63, 3.8) is 0 Å². The van der Waals surface area contributed by atoms with E-state index in [9.17, 15) is 4.79 Å². The molecule has 0 N–H and O–H groups in total. The second-order valence-corrected chi connectivity index (χ2v) is 7.64. The molecule has 2 aliphatic heterocycles. The highest BCUT2D eigenvalue weighted by molar-refractivity contribution is 5.94. The van der Waals surface area contributed by atoms with Crippen molar-refractivity contribution >= 4 is 17.3 Å². The van der Waals surface area contributed by atoms with Crippen LogP contribution < -0.4 is 9.80 Å². The third kappa shape index (κ3) is 3.85. The first-order valence-electron chi connectivity index (χ1n) is 10.2. The first kappa shape index (κ1) is 18.8. The van der Waals surface area contributed by atoms with E-state index in [1.54, 1.807) is 0 Å². The average molecular weight is 380 g/mol. The second-order valence-electron chi connectivity index (χ2n) is 7.64. The number of aryl methyl sites for hydroxylation is 1. The van der Waals surface area contributed by atoms with Crippen LogP contribution in [-0.2, 0) is 4.74 Å². The molecule has 2 heterocycles. The summed E-state index contributed by atoms with van der Waals surface area (Å²) < 4.78 is 5.41. The molecule has 0 saturated carbocycles. The Labute approximate surface area is 167 Å². The molecule has 4 rings (SSSR count).